The van der Waals surface area contributed by atoms with E-state index in [1.165, 1.54) is 23.5 Å². The number of aromatic nitrogens is 1. The van der Waals surface area contributed by atoms with Crippen molar-refractivity contribution < 1.29 is 9.72 Å². The summed E-state index contributed by atoms with van der Waals surface area (Å²) in [5.74, 6) is 0.395. The van der Waals surface area contributed by atoms with E-state index < -0.39 is 11.1 Å². The van der Waals surface area contributed by atoms with Crippen molar-refractivity contribution in [2.75, 3.05) is 5.32 Å². The molecule has 7 nitrogen and oxygen atoms in total. The lowest BCUT2D eigenvalue weighted by Crippen LogP contribution is -2.38. The van der Waals surface area contributed by atoms with Crippen LogP contribution >= 0.6 is 23.6 Å². The number of amides is 1. The Hall–Kier alpha value is -3.04. The Morgan fingerprint density at radius 3 is 2.42 bits per heavy atom. The van der Waals surface area contributed by atoms with Crippen LogP contribution in [0.1, 0.15) is 21.4 Å². The van der Waals surface area contributed by atoms with Gasteiger partial charge in [0.25, 0.3) is 11.6 Å². The minimum atomic E-state index is -0.505. The van der Waals surface area contributed by atoms with E-state index in [0.717, 1.165) is 5.69 Å². The molecule has 4 rings (SSSR count). The van der Waals surface area contributed by atoms with E-state index in [-0.39, 0.29) is 11.6 Å². The highest BCUT2D eigenvalue weighted by molar-refractivity contribution is 7.73. The molecule has 0 radical (unpaired) electrons. The molecule has 0 saturated heterocycles. The standard InChI is InChI=1S/C17H12N4O3S2/c22-16-13-15(20(17(25)26-13)11-4-2-1-3-5-11)18-14(19-16)10-6-8-12(9-7-10)21(23)24/h1-9,14,18H,(H,19,22)/t14-/m0/s1. The molecule has 0 saturated carbocycles. The van der Waals surface area contributed by atoms with Gasteiger partial charge >= 0.3 is 0 Å². The summed E-state index contributed by atoms with van der Waals surface area (Å²) in [5.41, 5.74) is 1.57. The Morgan fingerprint density at radius 1 is 1.08 bits per heavy atom. The van der Waals surface area contributed by atoms with Crippen LogP contribution in [0, 0.1) is 14.1 Å². The first-order valence-corrected chi connectivity index (χ1v) is 8.90. The second-order valence-corrected chi connectivity index (χ2v) is 7.26. The number of hydrogen-bond acceptors (Lipinski definition) is 6. The highest BCUT2D eigenvalue weighted by Crippen LogP contribution is 2.34. The van der Waals surface area contributed by atoms with Crippen molar-refractivity contribution in [2.24, 2.45) is 0 Å². The lowest BCUT2D eigenvalue weighted by atomic mass is 10.1. The van der Waals surface area contributed by atoms with Gasteiger partial charge in [0, 0.05) is 17.8 Å². The molecule has 0 fully saturated rings. The second-order valence-electron chi connectivity index (χ2n) is 5.62. The molecule has 9 heteroatoms. The van der Waals surface area contributed by atoms with Gasteiger partial charge in [-0.3, -0.25) is 19.5 Å². The largest absolute Gasteiger partial charge is 0.346 e. The summed E-state index contributed by atoms with van der Waals surface area (Å²) in [6.45, 7) is 0. The van der Waals surface area contributed by atoms with E-state index >= 15 is 0 Å². The summed E-state index contributed by atoms with van der Waals surface area (Å²) >= 11 is 6.68. The van der Waals surface area contributed by atoms with Crippen molar-refractivity contribution in [3.8, 4) is 5.69 Å². The van der Waals surface area contributed by atoms with Gasteiger partial charge in [-0.05, 0) is 42.0 Å². The summed E-state index contributed by atoms with van der Waals surface area (Å²) in [5, 5.41) is 17.0. The van der Waals surface area contributed by atoms with Crippen LogP contribution < -0.4 is 10.6 Å². The third kappa shape index (κ3) is 2.76. The van der Waals surface area contributed by atoms with Crippen LogP contribution in [0.5, 0.6) is 0 Å². The summed E-state index contributed by atoms with van der Waals surface area (Å²) in [6.07, 6.45) is -0.505. The van der Waals surface area contributed by atoms with Crippen LogP contribution in [0.2, 0.25) is 0 Å². The molecule has 0 bridgehead atoms. The highest BCUT2D eigenvalue weighted by atomic mass is 32.1. The lowest BCUT2D eigenvalue weighted by molar-refractivity contribution is -0.384. The molecular weight excluding hydrogens is 372 g/mol. The molecule has 3 aromatic rings. The van der Waals surface area contributed by atoms with E-state index in [2.05, 4.69) is 10.6 Å². The van der Waals surface area contributed by atoms with Gasteiger partial charge in [-0.15, -0.1) is 0 Å². The van der Waals surface area contributed by atoms with Crippen LogP contribution in [0.25, 0.3) is 5.69 Å². The molecule has 1 aromatic heterocycles. The average molecular weight is 384 g/mol. The number of anilines is 1. The lowest BCUT2D eigenvalue weighted by Gasteiger charge is -2.27. The van der Waals surface area contributed by atoms with Gasteiger partial charge in [-0.25, -0.2) is 0 Å². The predicted octanol–water partition coefficient (Wildman–Crippen LogP) is 4.03. The maximum absolute atomic E-state index is 12.5. The number of hydrogen-bond donors (Lipinski definition) is 2. The van der Waals surface area contributed by atoms with E-state index in [0.29, 0.717) is 20.2 Å². The SMILES string of the molecule is O=C1N[C@@H](c2ccc([N+](=O)[O-])cc2)Nc2c1sc(=S)n2-c1ccccc1. The summed E-state index contributed by atoms with van der Waals surface area (Å²) in [6, 6.07) is 15.6. The maximum Gasteiger partial charge on any atom is 0.269 e. The number of carbonyl (C=O) groups is 1. The van der Waals surface area contributed by atoms with Crippen LogP contribution in [-0.4, -0.2) is 15.4 Å². The number of non-ortho nitro benzene ring substituents is 1. The van der Waals surface area contributed by atoms with Crippen molar-refractivity contribution in [2.45, 2.75) is 6.17 Å². The summed E-state index contributed by atoms with van der Waals surface area (Å²) in [4.78, 5) is 23.4. The van der Waals surface area contributed by atoms with Crippen LogP contribution in [0.3, 0.4) is 0 Å². The maximum atomic E-state index is 12.5. The molecule has 0 aliphatic carbocycles. The third-order valence-electron chi connectivity index (χ3n) is 4.02. The minimum absolute atomic E-state index is 0.000646. The van der Waals surface area contributed by atoms with Crippen molar-refractivity contribution >= 4 is 41.0 Å². The topological polar surface area (TPSA) is 89.2 Å². The first-order chi connectivity index (χ1) is 12.5. The molecule has 1 atom stereocenters. The number of nitro groups is 1. The Labute approximate surface area is 157 Å². The fraction of sp³-hybridized carbons (Fsp3) is 0.0588. The molecule has 1 aliphatic heterocycles. The number of para-hydroxylation sites is 1. The Kier molecular flexibility index (Phi) is 4.02. The zero-order valence-corrected chi connectivity index (χ0v) is 14.8. The number of fused-ring (bicyclic) bond motifs is 1. The molecule has 2 N–H and O–H groups in total. The molecule has 1 amide bonds. The number of thiazole rings is 1. The first-order valence-electron chi connectivity index (χ1n) is 7.67. The number of nitrogens with zero attached hydrogens (tertiary/aromatic N) is 2. The molecule has 26 heavy (non-hydrogen) atoms. The Bertz CT molecular complexity index is 1060. The summed E-state index contributed by atoms with van der Waals surface area (Å²) in [7, 11) is 0. The van der Waals surface area contributed by atoms with Crippen LogP contribution in [0.15, 0.2) is 54.6 Å². The van der Waals surface area contributed by atoms with E-state index in [1.807, 2.05) is 34.9 Å². The molecular formula is C17H12N4O3S2. The summed E-state index contributed by atoms with van der Waals surface area (Å²) < 4.78 is 2.39. The molecule has 2 aromatic carbocycles. The van der Waals surface area contributed by atoms with E-state index in [9.17, 15) is 14.9 Å². The van der Waals surface area contributed by atoms with Gasteiger partial charge in [0.05, 0.1) is 4.92 Å². The predicted molar refractivity (Wildman–Crippen MR) is 101 cm³/mol. The zero-order valence-electron chi connectivity index (χ0n) is 13.2. The minimum Gasteiger partial charge on any atom is -0.346 e. The molecule has 0 unspecified atom stereocenters. The van der Waals surface area contributed by atoms with Crippen molar-refractivity contribution in [3.05, 3.63) is 79.1 Å². The molecule has 1 aliphatic rings. The second kappa shape index (κ2) is 6.36. The fourth-order valence-corrected chi connectivity index (χ4v) is 4.10. The zero-order chi connectivity index (χ0) is 18.3. The van der Waals surface area contributed by atoms with E-state index in [1.54, 1.807) is 12.1 Å². The number of carbonyl (C=O) groups excluding carboxylic acids is 1. The van der Waals surface area contributed by atoms with Gasteiger partial charge in [-0.2, -0.15) is 0 Å². The van der Waals surface area contributed by atoms with Crippen molar-refractivity contribution in [3.63, 3.8) is 0 Å². The normalized spacial score (nSPS) is 15.7. The molecule has 0 spiro atoms. The van der Waals surface area contributed by atoms with E-state index in [4.69, 9.17) is 12.2 Å². The third-order valence-corrected chi connectivity index (χ3v) is 5.40. The highest BCUT2D eigenvalue weighted by Gasteiger charge is 2.30. The van der Waals surface area contributed by atoms with Gasteiger partial charge in [0.15, 0.2) is 3.95 Å². The van der Waals surface area contributed by atoms with Crippen molar-refractivity contribution in [1.29, 1.82) is 0 Å². The Morgan fingerprint density at radius 2 is 1.77 bits per heavy atom. The smallest absolute Gasteiger partial charge is 0.269 e. The van der Waals surface area contributed by atoms with Gasteiger partial charge in [-0.1, -0.05) is 29.5 Å². The fourth-order valence-electron chi connectivity index (χ4n) is 2.79. The van der Waals surface area contributed by atoms with Gasteiger partial charge in [0.2, 0.25) is 0 Å². The Balaban J connectivity index is 1.75. The first kappa shape index (κ1) is 16.4. The quantitative estimate of drug-likeness (QED) is 0.404. The number of rotatable bonds is 3. The molecule has 130 valence electrons. The van der Waals surface area contributed by atoms with Crippen LogP contribution in [0.4, 0.5) is 11.5 Å². The number of nitrogens with one attached hydrogen (secondary N) is 2. The number of nitro benzene ring substituents is 1. The molecule has 2 heterocycles. The average Bonchev–Trinajstić information content (AvgIpc) is 2.99. The van der Waals surface area contributed by atoms with Crippen LogP contribution in [-0.2, 0) is 0 Å². The monoisotopic (exact) mass is 384 g/mol. The number of benzene rings is 2. The van der Waals surface area contributed by atoms with Gasteiger partial charge in [0.1, 0.15) is 16.9 Å². The van der Waals surface area contributed by atoms with Crippen molar-refractivity contribution in [1.82, 2.24) is 9.88 Å². The van der Waals surface area contributed by atoms with Gasteiger partial charge < -0.3 is 10.6 Å².